The van der Waals surface area contributed by atoms with Crippen molar-refractivity contribution in [3.63, 3.8) is 0 Å². The third-order valence-corrected chi connectivity index (χ3v) is 4.29. The van der Waals surface area contributed by atoms with Crippen LogP contribution in [0.4, 0.5) is 0 Å². The van der Waals surface area contributed by atoms with E-state index in [0.717, 1.165) is 25.8 Å². The number of carboxylic acid groups (broad SMARTS) is 1. The minimum absolute atomic E-state index is 0.272. The van der Waals surface area contributed by atoms with Gasteiger partial charge in [0.15, 0.2) is 0 Å². The molecule has 1 aromatic carbocycles. The topological polar surface area (TPSA) is 52.6 Å². The van der Waals surface area contributed by atoms with Crippen LogP contribution in [0.2, 0.25) is 0 Å². The molecule has 1 atom stereocenters. The zero-order valence-corrected chi connectivity index (χ0v) is 13.0. The van der Waals surface area contributed by atoms with E-state index < -0.39 is 11.5 Å². The van der Waals surface area contributed by atoms with E-state index in [9.17, 15) is 9.90 Å². The highest BCUT2D eigenvalue weighted by Crippen LogP contribution is 2.40. The monoisotopic (exact) mass is 290 g/mol. The maximum atomic E-state index is 11.8. The first kappa shape index (κ1) is 16.0. The van der Waals surface area contributed by atoms with Crippen LogP contribution in [-0.4, -0.2) is 48.2 Å². The third kappa shape index (κ3) is 4.05. The molecule has 0 aliphatic heterocycles. The molecule has 1 fully saturated rings. The second-order valence-corrected chi connectivity index (χ2v) is 6.05. The zero-order valence-electron chi connectivity index (χ0n) is 13.0. The fourth-order valence-electron chi connectivity index (χ4n) is 3.01. The lowest BCUT2D eigenvalue weighted by molar-refractivity contribution is -0.146. The Morgan fingerprint density at radius 1 is 1.38 bits per heavy atom. The number of nitrogens with one attached hydrogen (secondary N) is 1. The Hall–Kier alpha value is -1.39. The molecule has 4 nitrogen and oxygen atoms in total. The maximum absolute atomic E-state index is 11.8. The molecule has 2 rings (SSSR count). The van der Waals surface area contributed by atoms with Gasteiger partial charge in [0.1, 0.15) is 5.54 Å². The van der Waals surface area contributed by atoms with Crippen LogP contribution >= 0.6 is 0 Å². The summed E-state index contributed by atoms with van der Waals surface area (Å²) in [6.07, 6.45) is 2.99. The molecule has 116 valence electrons. The van der Waals surface area contributed by atoms with Crippen molar-refractivity contribution in [3.05, 3.63) is 35.9 Å². The van der Waals surface area contributed by atoms with Crippen molar-refractivity contribution >= 4 is 5.97 Å². The van der Waals surface area contributed by atoms with E-state index in [1.807, 2.05) is 32.2 Å². The van der Waals surface area contributed by atoms with Gasteiger partial charge >= 0.3 is 5.97 Å². The molecule has 2 N–H and O–H groups in total. The van der Waals surface area contributed by atoms with E-state index in [1.165, 1.54) is 5.56 Å². The van der Waals surface area contributed by atoms with Crippen LogP contribution in [0.1, 0.15) is 25.3 Å². The van der Waals surface area contributed by atoms with E-state index in [0.29, 0.717) is 13.1 Å². The first-order chi connectivity index (χ1) is 10.1. The fraction of sp³-hybridized carbons (Fsp3) is 0.588. The van der Waals surface area contributed by atoms with Gasteiger partial charge in [0.25, 0.3) is 0 Å². The number of hydrogen-bond donors (Lipinski definition) is 2. The molecule has 0 amide bonds. The predicted octanol–water partition coefficient (Wildman–Crippen LogP) is 2.00. The van der Waals surface area contributed by atoms with E-state index in [1.54, 1.807) is 0 Å². The summed E-state index contributed by atoms with van der Waals surface area (Å²) in [7, 11) is 2.01. The summed E-state index contributed by atoms with van der Waals surface area (Å²) in [6, 6.07) is 10.3. The van der Waals surface area contributed by atoms with Crippen LogP contribution in [-0.2, 0) is 11.2 Å². The highest BCUT2D eigenvalue weighted by molar-refractivity contribution is 5.80. The lowest BCUT2D eigenvalue weighted by atomic mass is 9.92. The van der Waals surface area contributed by atoms with Gasteiger partial charge < -0.3 is 15.3 Å². The van der Waals surface area contributed by atoms with E-state index >= 15 is 0 Å². The molecule has 4 heteroatoms. The Balaban J connectivity index is 1.94. The van der Waals surface area contributed by atoms with Gasteiger partial charge in [-0.2, -0.15) is 0 Å². The van der Waals surface area contributed by atoms with Gasteiger partial charge in [-0.1, -0.05) is 37.3 Å². The van der Waals surface area contributed by atoms with Crippen molar-refractivity contribution in [2.24, 2.45) is 5.92 Å². The molecule has 0 heterocycles. The molecule has 1 unspecified atom stereocenters. The number of nitrogens with zero attached hydrogens (tertiary/aromatic N) is 1. The standard InChI is InChI=1S/C17H26N2O2/c1-3-18-17(16(20)21,15-9-10-15)13-19(2)12-11-14-7-5-4-6-8-14/h4-8,15,18H,3,9-13H2,1-2H3,(H,20,21). The van der Waals surface area contributed by atoms with Gasteiger partial charge in [-0.25, -0.2) is 0 Å². The second-order valence-electron chi connectivity index (χ2n) is 6.05. The largest absolute Gasteiger partial charge is 0.480 e. The number of hydrogen-bond acceptors (Lipinski definition) is 3. The Morgan fingerprint density at radius 2 is 2.05 bits per heavy atom. The first-order valence-corrected chi connectivity index (χ1v) is 7.79. The van der Waals surface area contributed by atoms with Crippen LogP contribution in [0.15, 0.2) is 30.3 Å². The second kappa shape index (κ2) is 7.05. The Bertz CT molecular complexity index is 459. The zero-order chi connectivity index (χ0) is 15.3. The van der Waals surface area contributed by atoms with Crippen LogP contribution in [0, 0.1) is 5.92 Å². The van der Waals surface area contributed by atoms with Crippen molar-refractivity contribution < 1.29 is 9.90 Å². The predicted molar refractivity (Wildman–Crippen MR) is 84.4 cm³/mol. The van der Waals surface area contributed by atoms with Gasteiger partial charge in [0, 0.05) is 13.1 Å². The number of aliphatic carboxylic acids is 1. The summed E-state index contributed by atoms with van der Waals surface area (Å²) >= 11 is 0. The average molecular weight is 290 g/mol. The molecule has 1 aliphatic carbocycles. The summed E-state index contributed by atoms with van der Waals surface area (Å²) in [6.45, 7) is 4.10. The van der Waals surface area contributed by atoms with Crippen LogP contribution < -0.4 is 5.32 Å². The van der Waals surface area contributed by atoms with Crippen LogP contribution in [0.25, 0.3) is 0 Å². The lowest BCUT2D eigenvalue weighted by Gasteiger charge is -2.34. The Kier molecular flexibility index (Phi) is 5.37. The van der Waals surface area contributed by atoms with Crippen LogP contribution in [0.3, 0.4) is 0 Å². The number of likely N-dealkylation sites (N-methyl/N-ethyl adjacent to an activating group) is 2. The summed E-state index contributed by atoms with van der Waals surface area (Å²) < 4.78 is 0. The SMILES string of the molecule is CCNC(CN(C)CCc1ccccc1)(C(=O)O)C1CC1. The first-order valence-electron chi connectivity index (χ1n) is 7.79. The molecule has 0 spiro atoms. The Morgan fingerprint density at radius 3 is 2.57 bits per heavy atom. The minimum Gasteiger partial charge on any atom is -0.480 e. The normalized spacial score (nSPS) is 17.7. The van der Waals surface area contributed by atoms with Crippen molar-refractivity contribution in [3.8, 4) is 0 Å². The van der Waals surface area contributed by atoms with Crippen LogP contribution in [0.5, 0.6) is 0 Å². The number of rotatable bonds is 9. The molecule has 1 aromatic rings. The fourth-order valence-corrected chi connectivity index (χ4v) is 3.01. The molecule has 1 saturated carbocycles. The minimum atomic E-state index is -0.778. The number of carboxylic acids is 1. The highest BCUT2D eigenvalue weighted by atomic mass is 16.4. The van der Waals surface area contributed by atoms with E-state index in [-0.39, 0.29) is 5.92 Å². The van der Waals surface area contributed by atoms with E-state index in [4.69, 9.17) is 0 Å². The van der Waals surface area contributed by atoms with Gasteiger partial charge in [-0.05, 0) is 44.3 Å². The smallest absolute Gasteiger partial charge is 0.325 e. The van der Waals surface area contributed by atoms with E-state index in [2.05, 4.69) is 22.3 Å². The maximum Gasteiger partial charge on any atom is 0.325 e. The summed E-state index contributed by atoms with van der Waals surface area (Å²) in [4.78, 5) is 14.0. The van der Waals surface area contributed by atoms with Gasteiger partial charge in [-0.3, -0.25) is 4.79 Å². The van der Waals surface area contributed by atoms with Gasteiger partial charge in [0.2, 0.25) is 0 Å². The quantitative estimate of drug-likeness (QED) is 0.730. The summed E-state index contributed by atoms with van der Waals surface area (Å²) in [5, 5.41) is 13.0. The number of carbonyl (C=O) groups is 1. The Labute approximate surface area is 127 Å². The average Bonchev–Trinajstić information content (AvgIpc) is 3.30. The molecule has 21 heavy (non-hydrogen) atoms. The molecular formula is C17H26N2O2. The molecule has 0 saturated heterocycles. The van der Waals surface area contributed by atoms with Gasteiger partial charge in [0.05, 0.1) is 0 Å². The summed E-state index contributed by atoms with van der Waals surface area (Å²) in [5.74, 6) is -0.437. The molecule has 0 bridgehead atoms. The van der Waals surface area contributed by atoms with Crippen molar-refractivity contribution in [1.29, 1.82) is 0 Å². The highest BCUT2D eigenvalue weighted by Gasteiger charge is 2.51. The van der Waals surface area contributed by atoms with Crippen molar-refractivity contribution in [1.82, 2.24) is 10.2 Å². The lowest BCUT2D eigenvalue weighted by Crippen LogP contribution is -2.60. The number of benzene rings is 1. The van der Waals surface area contributed by atoms with Crippen molar-refractivity contribution in [2.45, 2.75) is 31.7 Å². The third-order valence-electron chi connectivity index (χ3n) is 4.29. The molecule has 0 radical (unpaired) electrons. The molecule has 0 aromatic heterocycles. The van der Waals surface area contributed by atoms with Gasteiger partial charge in [-0.15, -0.1) is 0 Å². The molecular weight excluding hydrogens is 264 g/mol. The summed E-state index contributed by atoms with van der Waals surface area (Å²) in [5.41, 5.74) is 0.514. The van der Waals surface area contributed by atoms with Crippen molar-refractivity contribution in [2.75, 3.05) is 26.7 Å². The molecule has 1 aliphatic rings.